The number of hydrogen-bond donors (Lipinski definition) is 1. The van der Waals surface area contributed by atoms with Crippen LogP contribution in [0.25, 0.3) is 0 Å². The molecule has 0 bridgehead atoms. The van der Waals surface area contributed by atoms with Gasteiger partial charge in [-0.3, -0.25) is 9.59 Å². The van der Waals surface area contributed by atoms with E-state index in [0.29, 0.717) is 11.4 Å². The van der Waals surface area contributed by atoms with Gasteiger partial charge in [-0.25, -0.2) is 0 Å². The van der Waals surface area contributed by atoms with E-state index in [1.807, 2.05) is 11.4 Å². The van der Waals surface area contributed by atoms with Crippen LogP contribution in [0.15, 0.2) is 17.5 Å². The predicted molar refractivity (Wildman–Crippen MR) is 82.3 cm³/mol. The lowest BCUT2D eigenvalue weighted by Gasteiger charge is -2.26. The predicted octanol–water partition coefficient (Wildman–Crippen LogP) is 1.19. The van der Waals surface area contributed by atoms with Crippen LogP contribution >= 0.6 is 23.7 Å². The Hall–Kier alpha value is -1.11. The molecule has 1 unspecified atom stereocenters. The molecule has 112 valence electrons. The lowest BCUT2D eigenvalue weighted by atomic mass is 10.2. The van der Waals surface area contributed by atoms with Crippen molar-refractivity contribution in [2.45, 2.75) is 18.9 Å². The van der Waals surface area contributed by atoms with E-state index in [1.165, 1.54) is 16.2 Å². The van der Waals surface area contributed by atoms with Gasteiger partial charge in [-0.05, 0) is 24.3 Å². The molecule has 2 heterocycles. The minimum Gasteiger partial charge on any atom is -0.337 e. The highest BCUT2D eigenvalue weighted by Gasteiger charge is 2.28. The quantitative estimate of drug-likeness (QED) is 0.907. The Balaban J connectivity index is 0.00000200. The Kier molecular flexibility index (Phi) is 6.45. The monoisotopic (exact) mass is 317 g/mol. The third kappa shape index (κ3) is 3.71. The highest BCUT2D eigenvalue weighted by Crippen LogP contribution is 2.17. The molecule has 0 aliphatic carbocycles. The van der Waals surface area contributed by atoms with Gasteiger partial charge in [0.15, 0.2) is 0 Å². The number of halogens is 1. The summed E-state index contributed by atoms with van der Waals surface area (Å²) in [4.78, 5) is 28.2. The molecule has 1 aliphatic rings. The van der Waals surface area contributed by atoms with Crippen molar-refractivity contribution >= 4 is 35.6 Å². The maximum atomic E-state index is 12.2. The Morgan fingerprint density at radius 3 is 2.90 bits per heavy atom. The summed E-state index contributed by atoms with van der Waals surface area (Å²) in [6.07, 6.45) is 1.96. The van der Waals surface area contributed by atoms with Crippen LogP contribution in [0.1, 0.15) is 22.5 Å². The van der Waals surface area contributed by atoms with Gasteiger partial charge < -0.3 is 15.5 Å². The molecule has 1 fully saturated rings. The molecule has 0 saturated carbocycles. The Bertz CT molecular complexity index is 452. The van der Waals surface area contributed by atoms with E-state index in [2.05, 4.69) is 0 Å². The van der Waals surface area contributed by atoms with Gasteiger partial charge in [0.2, 0.25) is 5.91 Å². The molecule has 1 aromatic rings. The lowest BCUT2D eigenvalue weighted by Crippen LogP contribution is -2.45. The van der Waals surface area contributed by atoms with Crippen LogP contribution in [0.3, 0.4) is 0 Å². The molecule has 20 heavy (non-hydrogen) atoms. The first kappa shape index (κ1) is 16.9. The number of likely N-dealkylation sites (N-methyl/N-ethyl adjacent to an activating group) is 1. The van der Waals surface area contributed by atoms with Crippen LogP contribution in [0, 0.1) is 0 Å². The molecule has 0 spiro atoms. The van der Waals surface area contributed by atoms with Gasteiger partial charge >= 0.3 is 0 Å². The highest BCUT2D eigenvalue weighted by molar-refractivity contribution is 7.12. The fourth-order valence-corrected chi connectivity index (χ4v) is 3.08. The number of carbonyl (C=O) groups is 2. The zero-order valence-corrected chi connectivity index (χ0v) is 13.1. The molecule has 1 saturated heterocycles. The topological polar surface area (TPSA) is 66.6 Å². The Morgan fingerprint density at radius 2 is 2.30 bits per heavy atom. The molecule has 1 atom stereocenters. The standard InChI is InChI=1S/C13H19N3O2S.ClH/c1-15(13(18)11-5-3-7-19-11)9-12(17)16-6-2-4-10(16)8-14;/h3,5,7,10H,2,4,6,8-9,14H2,1H3;1H. The van der Waals surface area contributed by atoms with Gasteiger partial charge in [0, 0.05) is 26.2 Å². The normalized spacial score (nSPS) is 17.7. The number of amides is 2. The van der Waals surface area contributed by atoms with Gasteiger partial charge in [0.25, 0.3) is 5.91 Å². The van der Waals surface area contributed by atoms with Crippen molar-refractivity contribution in [1.29, 1.82) is 0 Å². The zero-order valence-electron chi connectivity index (χ0n) is 11.4. The van der Waals surface area contributed by atoms with Crippen LogP contribution in [-0.4, -0.2) is 54.3 Å². The van der Waals surface area contributed by atoms with Crippen LogP contribution in [0.2, 0.25) is 0 Å². The second kappa shape index (κ2) is 7.61. The van der Waals surface area contributed by atoms with Gasteiger partial charge in [-0.15, -0.1) is 23.7 Å². The summed E-state index contributed by atoms with van der Waals surface area (Å²) in [7, 11) is 1.66. The maximum absolute atomic E-state index is 12.2. The molecule has 7 heteroatoms. The van der Waals surface area contributed by atoms with Crippen molar-refractivity contribution in [2.75, 3.05) is 26.7 Å². The first-order valence-electron chi connectivity index (χ1n) is 6.42. The first-order chi connectivity index (χ1) is 9.13. The van der Waals surface area contributed by atoms with Crippen molar-refractivity contribution in [3.8, 4) is 0 Å². The minimum atomic E-state index is -0.105. The van der Waals surface area contributed by atoms with E-state index in [4.69, 9.17) is 5.73 Å². The van der Waals surface area contributed by atoms with Crippen LogP contribution < -0.4 is 5.73 Å². The average molecular weight is 318 g/mol. The first-order valence-corrected chi connectivity index (χ1v) is 7.30. The molecule has 1 aromatic heterocycles. The number of rotatable bonds is 4. The van der Waals surface area contributed by atoms with E-state index < -0.39 is 0 Å². The van der Waals surface area contributed by atoms with Crippen molar-refractivity contribution in [3.05, 3.63) is 22.4 Å². The summed E-state index contributed by atoms with van der Waals surface area (Å²) < 4.78 is 0. The van der Waals surface area contributed by atoms with Crippen LogP contribution in [-0.2, 0) is 4.79 Å². The number of hydrogen-bond acceptors (Lipinski definition) is 4. The van der Waals surface area contributed by atoms with Gasteiger partial charge in [0.1, 0.15) is 0 Å². The largest absolute Gasteiger partial charge is 0.337 e. The molecule has 5 nitrogen and oxygen atoms in total. The minimum absolute atomic E-state index is 0. The van der Waals surface area contributed by atoms with E-state index >= 15 is 0 Å². The van der Waals surface area contributed by atoms with Crippen molar-refractivity contribution in [1.82, 2.24) is 9.80 Å². The molecule has 2 amide bonds. The summed E-state index contributed by atoms with van der Waals surface area (Å²) in [5.74, 6) is -0.118. The molecular weight excluding hydrogens is 298 g/mol. The van der Waals surface area contributed by atoms with Crippen molar-refractivity contribution < 1.29 is 9.59 Å². The molecule has 1 aliphatic heterocycles. The van der Waals surface area contributed by atoms with Crippen LogP contribution in [0.4, 0.5) is 0 Å². The van der Waals surface area contributed by atoms with E-state index in [1.54, 1.807) is 18.0 Å². The fourth-order valence-electron chi connectivity index (χ4n) is 2.36. The fraction of sp³-hybridized carbons (Fsp3) is 0.538. The lowest BCUT2D eigenvalue weighted by molar-refractivity contribution is -0.132. The van der Waals surface area contributed by atoms with Gasteiger partial charge in [-0.2, -0.15) is 0 Å². The Morgan fingerprint density at radius 1 is 1.55 bits per heavy atom. The second-order valence-electron chi connectivity index (χ2n) is 4.76. The summed E-state index contributed by atoms with van der Waals surface area (Å²) in [6.45, 7) is 1.36. The zero-order chi connectivity index (χ0) is 13.8. The second-order valence-corrected chi connectivity index (χ2v) is 5.71. The number of likely N-dealkylation sites (tertiary alicyclic amines) is 1. The third-order valence-electron chi connectivity index (χ3n) is 3.42. The summed E-state index contributed by atoms with van der Waals surface area (Å²) in [5.41, 5.74) is 5.66. The van der Waals surface area contributed by atoms with Gasteiger partial charge in [-0.1, -0.05) is 6.07 Å². The molecule has 2 rings (SSSR count). The summed E-state index contributed by atoms with van der Waals surface area (Å²) >= 11 is 1.39. The molecular formula is C13H20ClN3O2S. The third-order valence-corrected chi connectivity index (χ3v) is 4.28. The average Bonchev–Trinajstić information content (AvgIpc) is 3.08. The molecule has 0 radical (unpaired) electrons. The summed E-state index contributed by atoms with van der Waals surface area (Å²) in [5, 5.41) is 1.85. The summed E-state index contributed by atoms with van der Waals surface area (Å²) in [6, 6.07) is 3.74. The maximum Gasteiger partial charge on any atom is 0.264 e. The Labute approximate surface area is 129 Å². The van der Waals surface area contributed by atoms with E-state index in [0.717, 1.165) is 19.4 Å². The molecule has 2 N–H and O–H groups in total. The van der Waals surface area contributed by atoms with E-state index in [-0.39, 0.29) is 36.8 Å². The highest BCUT2D eigenvalue weighted by atomic mass is 35.5. The van der Waals surface area contributed by atoms with Crippen molar-refractivity contribution in [2.24, 2.45) is 5.73 Å². The number of carbonyl (C=O) groups excluding carboxylic acids is 2. The van der Waals surface area contributed by atoms with Crippen molar-refractivity contribution in [3.63, 3.8) is 0 Å². The van der Waals surface area contributed by atoms with Crippen LogP contribution in [0.5, 0.6) is 0 Å². The SMILES string of the molecule is CN(CC(=O)N1CCCC1CN)C(=O)c1cccs1.Cl. The van der Waals surface area contributed by atoms with E-state index in [9.17, 15) is 9.59 Å². The smallest absolute Gasteiger partial charge is 0.264 e. The number of nitrogens with two attached hydrogens (primary N) is 1. The number of thiophene rings is 1. The number of nitrogens with zero attached hydrogens (tertiary/aromatic N) is 2. The molecule has 0 aromatic carbocycles. The van der Waals surface area contributed by atoms with Gasteiger partial charge in [0.05, 0.1) is 11.4 Å².